The zero-order valence-electron chi connectivity index (χ0n) is 24.3. The van der Waals surface area contributed by atoms with Gasteiger partial charge in [-0.2, -0.15) is 0 Å². The quantitative estimate of drug-likeness (QED) is 0.209. The molecule has 4 aromatic rings. The van der Waals surface area contributed by atoms with Crippen molar-refractivity contribution in [3.05, 3.63) is 82.2 Å². The zero-order chi connectivity index (χ0) is 29.9. The maximum atomic E-state index is 13.1. The number of fused-ring (bicyclic) bond motifs is 3. The number of aryl methyl sites for hydroxylation is 2. The normalized spacial score (nSPS) is 15.9. The summed E-state index contributed by atoms with van der Waals surface area (Å²) in [5.41, 5.74) is 3.99. The molecule has 0 bridgehead atoms. The molecule has 3 aromatic carbocycles. The lowest BCUT2D eigenvalue weighted by Crippen LogP contribution is -2.43. The number of piperidine rings is 1. The van der Waals surface area contributed by atoms with Crippen LogP contribution in [0.5, 0.6) is 5.75 Å². The van der Waals surface area contributed by atoms with Crippen LogP contribution < -0.4 is 15.4 Å². The number of ether oxygens (including phenoxy) is 1. The van der Waals surface area contributed by atoms with E-state index in [9.17, 15) is 14.4 Å². The van der Waals surface area contributed by atoms with E-state index in [4.69, 9.17) is 4.74 Å². The van der Waals surface area contributed by atoms with Crippen molar-refractivity contribution in [3.63, 3.8) is 0 Å². The van der Waals surface area contributed by atoms with Crippen molar-refractivity contribution in [2.45, 2.75) is 52.0 Å². The third kappa shape index (κ3) is 6.46. The van der Waals surface area contributed by atoms with Gasteiger partial charge in [0.1, 0.15) is 5.75 Å². The topological polar surface area (TPSA) is 100 Å². The van der Waals surface area contributed by atoms with Crippen LogP contribution in [0.15, 0.2) is 65.7 Å². The molecule has 1 saturated heterocycles. The molecule has 0 spiro atoms. The number of anilines is 2. The van der Waals surface area contributed by atoms with Gasteiger partial charge in [-0.15, -0.1) is 11.3 Å². The SMILES string of the molecule is Cc1cc2cc(NC(=O)c3ccc(NC(=O)CCCOc4cc5c(cc4C)C(=O)N4CCCC[C@H]4C=N5)cc3)ccc2s1. The van der Waals surface area contributed by atoms with E-state index in [0.29, 0.717) is 41.3 Å². The monoisotopic (exact) mass is 594 g/mol. The van der Waals surface area contributed by atoms with E-state index in [1.54, 1.807) is 35.6 Å². The summed E-state index contributed by atoms with van der Waals surface area (Å²) in [6.45, 7) is 5.11. The van der Waals surface area contributed by atoms with Crippen LogP contribution in [0.3, 0.4) is 0 Å². The van der Waals surface area contributed by atoms with E-state index in [1.165, 1.54) is 9.58 Å². The molecule has 3 heterocycles. The van der Waals surface area contributed by atoms with Crippen LogP contribution in [0.1, 0.15) is 63.3 Å². The summed E-state index contributed by atoms with van der Waals surface area (Å²) in [5, 5.41) is 6.93. The highest BCUT2D eigenvalue weighted by Gasteiger charge is 2.30. The number of carbonyl (C=O) groups excluding carboxylic acids is 3. The summed E-state index contributed by atoms with van der Waals surface area (Å²) >= 11 is 1.73. The van der Waals surface area contributed by atoms with E-state index in [1.807, 2.05) is 48.4 Å². The molecule has 0 unspecified atom stereocenters. The lowest BCUT2D eigenvalue weighted by Gasteiger charge is -2.32. The van der Waals surface area contributed by atoms with E-state index < -0.39 is 0 Å². The number of amides is 3. The first-order chi connectivity index (χ1) is 20.8. The first kappa shape index (κ1) is 28.6. The van der Waals surface area contributed by atoms with E-state index in [2.05, 4.69) is 28.6 Å². The smallest absolute Gasteiger partial charge is 0.256 e. The van der Waals surface area contributed by atoms with Gasteiger partial charge in [-0.05, 0) is 105 Å². The third-order valence-corrected chi connectivity index (χ3v) is 8.88. The number of hydrogen-bond acceptors (Lipinski definition) is 6. The maximum Gasteiger partial charge on any atom is 0.256 e. The molecule has 3 amide bonds. The average Bonchev–Trinajstić information content (AvgIpc) is 3.32. The van der Waals surface area contributed by atoms with Gasteiger partial charge in [-0.1, -0.05) is 0 Å². The Morgan fingerprint density at radius 3 is 2.65 bits per heavy atom. The van der Waals surface area contributed by atoms with Crippen molar-refractivity contribution in [2.24, 2.45) is 4.99 Å². The number of carbonyl (C=O) groups is 3. The van der Waals surface area contributed by atoms with Crippen molar-refractivity contribution in [3.8, 4) is 5.75 Å². The molecule has 8 nitrogen and oxygen atoms in total. The zero-order valence-corrected chi connectivity index (χ0v) is 25.1. The second-order valence-electron chi connectivity index (χ2n) is 11.1. The number of aliphatic imine (C=N–C) groups is 1. The summed E-state index contributed by atoms with van der Waals surface area (Å²) in [6.07, 6.45) is 5.76. The van der Waals surface area contributed by atoms with Crippen molar-refractivity contribution >= 4 is 62.4 Å². The number of nitrogens with zero attached hydrogens (tertiary/aromatic N) is 2. The van der Waals surface area contributed by atoms with Crippen LogP contribution in [-0.4, -0.2) is 48.0 Å². The molecule has 0 radical (unpaired) electrons. The van der Waals surface area contributed by atoms with Gasteiger partial charge >= 0.3 is 0 Å². The molecule has 0 aliphatic carbocycles. The van der Waals surface area contributed by atoms with Crippen LogP contribution >= 0.6 is 11.3 Å². The fourth-order valence-electron chi connectivity index (χ4n) is 5.60. The molecule has 6 rings (SSSR count). The van der Waals surface area contributed by atoms with Crippen molar-refractivity contribution in [1.29, 1.82) is 0 Å². The molecule has 220 valence electrons. The van der Waals surface area contributed by atoms with Gasteiger partial charge in [0.15, 0.2) is 0 Å². The second kappa shape index (κ2) is 12.4. The molecule has 2 aliphatic rings. The van der Waals surface area contributed by atoms with Gasteiger partial charge in [-0.25, -0.2) is 0 Å². The maximum absolute atomic E-state index is 13.1. The highest BCUT2D eigenvalue weighted by molar-refractivity contribution is 7.19. The average molecular weight is 595 g/mol. The molecular weight excluding hydrogens is 560 g/mol. The number of thiophene rings is 1. The Balaban J connectivity index is 0.981. The summed E-state index contributed by atoms with van der Waals surface area (Å²) in [6, 6.07) is 18.6. The largest absolute Gasteiger partial charge is 0.493 e. The molecular formula is C34H34N4O4S. The lowest BCUT2D eigenvalue weighted by molar-refractivity contribution is -0.116. The summed E-state index contributed by atoms with van der Waals surface area (Å²) in [4.78, 5) is 46.2. The van der Waals surface area contributed by atoms with Crippen molar-refractivity contribution < 1.29 is 19.1 Å². The minimum absolute atomic E-state index is 0.0308. The molecule has 1 atom stereocenters. The Morgan fingerprint density at radius 1 is 1.00 bits per heavy atom. The predicted octanol–water partition coefficient (Wildman–Crippen LogP) is 7.28. The highest BCUT2D eigenvalue weighted by Crippen LogP contribution is 2.34. The Hall–Kier alpha value is -4.50. The number of benzene rings is 3. The van der Waals surface area contributed by atoms with Gasteiger partial charge < -0.3 is 20.3 Å². The predicted molar refractivity (Wildman–Crippen MR) is 172 cm³/mol. The van der Waals surface area contributed by atoms with E-state index in [0.717, 1.165) is 42.4 Å². The molecule has 0 saturated carbocycles. The molecule has 2 N–H and O–H groups in total. The fraction of sp³-hybridized carbons (Fsp3) is 0.294. The second-order valence-corrected chi connectivity index (χ2v) is 12.4. The molecule has 1 fully saturated rings. The van der Waals surface area contributed by atoms with Gasteiger partial charge in [0.05, 0.1) is 23.9 Å². The number of rotatable bonds is 8. The fourth-order valence-corrected chi connectivity index (χ4v) is 6.50. The summed E-state index contributed by atoms with van der Waals surface area (Å²) in [7, 11) is 0. The van der Waals surface area contributed by atoms with Gasteiger partial charge in [0.2, 0.25) is 5.91 Å². The number of nitrogens with one attached hydrogen (secondary N) is 2. The van der Waals surface area contributed by atoms with Crippen LogP contribution in [0.4, 0.5) is 17.1 Å². The van der Waals surface area contributed by atoms with Crippen LogP contribution in [0, 0.1) is 13.8 Å². The highest BCUT2D eigenvalue weighted by atomic mass is 32.1. The third-order valence-electron chi connectivity index (χ3n) is 7.85. The summed E-state index contributed by atoms with van der Waals surface area (Å²) < 4.78 is 7.18. The Labute approximate surface area is 254 Å². The van der Waals surface area contributed by atoms with Crippen LogP contribution in [0.2, 0.25) is 0 Å². The minimum atomic E-state index is -0.208. The lowest BCUT2D eigenvalue weighted by atomic mass is 10.0. The van der Waals surface area contributed by atoms with E-state index in [-0.39, 0.29) is 30.2 Å². The Kier molecular flexibility index (Phi) is 8.24. The van der Waals surface area contributed by atoms with E-state index >= 15 is 0 Å². The van der Waals surface area contributed by atoms with Crippen LogP contribution in [-0.2, 0) is 4.79 Å². The first-order valence-corrected chi connectivity index (χ1v) is 15.5. The minimum Gasteiger partial charge on any atom is -0.493 e. The molecule has 43 heavy (non-hydrogen) atoms. The molecule has 1 aromatic heterocycles. The molecule has 2 aliphatic heterocycles. The Morgan fingerprint density at radius 2 is 1.81 bits per heavy atom. The number of hydrogen-bond donors (Lipinski definition) is 2. The van der Waals surface area contributed by atoms with Crippen LogP contribution in [0.25, 0.3) is 10.1 Å². The Bertz CT molecular complexity index is 1730. The summed E-state index contributed by atoms with van der Waals surface area (Å²) in [5.74, 6) is 0.359. The molecule has 9 heteroatoms. The van der Waals surface area contributed by atoms with Gasteiger partial charge in [0, 0.05) is 51.8 Å². The van der Waals surface area contributed by atoms with Crippen molar-refractivity contribution in [1.82, 2.24) is 4.90 Å². The standard InChI is InChI=1S/C34H34N4O4S/c1-21-16-28-29(35-20-27-6-3-4-14-38(27)34(28)41)19-30(21)42-15-5-7-32(39)36-25-10-8-23(9-11-25)33(40)37-26-12-13-31-24(18-26)17-22(2)43-31/h8-13,16-20,27H,3-7,14-15H2,1-2H3,(H,36,39)(H,37,40)/t27-/m0/s1. The first-order valence-electron chi connectivity index (χ1n) is 14.7. The van der Waals surface area contributed by atoms with Gasteiger partial charge in [-0.3, -0.25) is 19.4 Å². The van der Waals surface area contributed by atoms with Gasteiger partial charge in [0.25, 0.3) is 11.8 Å². The van der Waals surface area contributed by atoms with Crippen molar-refractivity contribution in [2.75, 3.05) is 23.8 Å².